The van der Waals surface area contributed by atoms with E-state index in [4.69, 9.17) is 5.73 Å². The molecule has 0 bridgehead atoms. The molecule has 102 valence electrons. The maximum Gasteiger partial charge on any atom is 0.255 e. The number of rotatable bonds is 3. The number of halogens is 1. The molecule has 6 heteroatoms. The van der Waals surface area contributed by atoms with Gasteiger partial charge in [-0.15, -0.1) is 0 Å². The van der Waals surface area contributed by atoms with E-state index in [1.54, 1.807) is 25.2 Å². The van der Waals surface area contributed by atoms with Crippen LogP contribution in [0, 0.1) is 0 Å². The zero-order chi connectivity index (χ0) is 14.5. The van der Waals surface area contributed by atoms with E-state index in [-0.39, 0.29) is 5.91 Å². The molecule has 0 spiro atoms. The molecule has 0 aromatic heterocycles. The quantitative estimate of drug-likeness (QED) is 0.658. The minimum Gasteiger partial charge on any atom is -0.397 e. The Morgan fingerprint density at radius 3 is 2.55 bits per heavy atom. The minimum absolute atomic E-state index is 0.222. The summed E-state index contributed by atoms with van der Waals surface area (Å²) in [4.78, 5) is 12.1. The van der Waals surface area contributed by atoms with Crippen molar-refractivity contribution >= 4 is 38.9 Å². The average molecular weight is 333 g/mol. The van der Waals surface area contributed by atoms with Gasteiger partial charge < -0.3 is 11.1 Å². The second-order valence-corrected chi connectivity index (χ2v) is 4.95. The summed E-state index contributed by atoms with van der Waals surface area (Å²) in [5, 5.41) is 10.4. The normalized spacial score (nSPS) is 10.7. The molecule has 2 aromatic carbocycles. The molecule has 5 nitrogen and oxygen atoms in total. The van der Waals surface area contributed by atoms with Crippen LogP contribution in [0.5, 0.6) is 0 Å². The Morgan fingerprint density at radius 1 is 1.20 bits per heavy atom. The molecule has 0 unspecified atom stereocenters. The van der Waals surface area contributed by atoms with E-state index < -0.39 is 0 Å². The van der Waals surface area contributed by atoms with E-state index in [0.717, 1.165) is 4.47 Å². The highest BCUT2D eigenvalue weighted by atomic mass is 79.9. The number of nitrogen functional groups attached to an aromatic ring is 1. The number of benzene rings is 2. The molecule has 20 heavy (non-hydrogen) atoms. The Kier molecular flexibility index (Phi) is 4.47. The van der Waals surface area contributed by atoms with Gasteiger partial charge in [0.05, 0.1) is 5.69 Å². The number of carbonyl (C=O) groups excluding carboxylic acids is 1. The molecular weight excluding hydrogens is 320 g/mol. The lowest BCUT2D eigenvalue weighted by Gasteiger charge is -2.07. The highest BCUT2D eigenvalue weighted by Gasteiger charge is 2.08. The van der Waals surface area contributed by atoms with E-state index in [2.05, 4.69) is 31.5 Å². The van der Waals surface area contributed by atoms with Gasteiger partial charge >= 0.3 is 0 Å². The van der Waals surface area contributed by atoms with Gasteiger partial charge in [0.1, 0.15) is 5.69 Å². The summed E-state index contributed by atoms with van der Waals surface area (Å²) >= 11 is 3.34. The molecule has 0 fully saturated rings. The van der Waals surface area contributed by atoms with Gasteiger partial charge in [-0.2, -0.15) is 10.2 Å². The number of hydrogen-bond donors (Lipinski definition) is 2. The number of hydrogen-bond acceptors (Lipinski definition) is 4. The van der Waals surface area contributed by atoms with Crippen LogP contribution in [0.2, 0.25) is 0 Å². The van der Waals surface area contributed by atoms with E-state index >= 15 is 0 Å². The van der Waals surface area contributed by atoms with E-state index in [1.807, 2.05) is 24.3 Å². The maximum atomic E-state index is 12.1. The van der Waals surface area contributed by atoms with Gasteiger partial charge in [0.25, 0.3) is 5.91 Å². The lowest BCUT2D eigenvalue weighted by molar-refractivity contribution is 0.102. The van der Waals surface area contributed by atoms with Crippen LogP contribution in [-0.2, 0) is 0 Å². The predicted octanol–water partition coefficient (Wildman–Crippen LogP) is 4.00. The zero-order valence-electron chi connectivity index (χ0n) is 10.8. The van der Waals surface area contributed by atoms with Crippen LogP contribution in [0.15, 0.2) is 57.2 Å². The molecule has 0 aliphatic carbocycles. The Balaban J connectivity index is 2.21. The maximum absolute atomic E-state index is 12.1. The summed E-state index contributed by atoms with van der Waals surface area (Å²) in [5.74, 6) is -0.222. The number of nitrogens with one attached hydrogen (secondary N) is 1. The number of amides is 1. The second kappa shape index (κ2) is 6.29. The largest absolute Gasteiger partial charge is 0.397 e. The molecular formula is C14H13BrN4O. The Labute approximate surface area is 125 Å². The Bertz CT molecular complexity index is 653. The number of azo groups is 1. The molecule has 0 atom stereocenters. The van der Waals surface area contributed by atoms with Crippen LogP contribution in [-0.4, -0.2) is 13.0 Å². The number of anilines is 2. The highest BCUT2D eigenvalue weighted by molar-refractivity contribution is 9.10. The summed E-state index contributed by atoms with van der Waals surface area (Å²) < 4.78 is 0.952. The molecule has 2 rings (SSSR count). The van der Waals surface area contributed by atoms with Gasteiger partial charge in [-0.25, -0.2) is 0 Å². The Morgan fingerprint density at radius 2 is 1.90 bits per heavy atom. The Hall–Kier alpha value is -2.21. The third-order valence-electron chi connectivity index (χ3n) is 2.60. The van der Waals surface area contributed by atoms with Crippen molar-refractivity contribution in [2.45, 2.75) is 0 Å². The van der Waals surface area contributed by atoms with Crippen LogP contribution in [0.1, 0.15) is 10.4 Å². The standard InChI is InChI=1S/C14H13BrN4O/c1-17-19-13-8-9(2-7-12(13)16)14(20)18-11-5-3-10(15)4-6-11/h2-8H,16H2,1H3,(H,18,20). The smallest absolute Gasteiger partial charge is 0.255 e. The zero-order valence-corrected chi connectivity index (χ0v) is 12.4. The van der Waals surface area contributed by atoms with Crippen molar-refractivity contribution in [1.82, 2.24) is 0 Å². The molecule has 0 saturated heterocycles. The molecule has 0 heterocycles. The van der Waals surface area contributed by atoms with E-state index in [9.17, 15) is 4.79 Å². The molecule has 3 N–H and O–H groups in total. The second-order valence-electron chi connectivity index (χ2n) is 4.03. The van der Waals surface area contributed by atoms with Crippen molar-refractivity contribution in [3.05, 3.63) is 52.5 Å². The molecule has 1 amide bonds. The van der Waals surface area contributed by atoms with Crippen molar-refractivity contribution in [1.29, 1.82) is 0 Å². The first kappa shape index (κ1) is 14.2. The number of nitrogens with zero attached hydrogens (tertiary/aromatic N) is 2. The average Bonchev–Trinajstić information content (AvgIpc) is 2.44. The fourth-order valence-corrected chi connectivity index (χ4v) is 1.88. The van der Waals surface area contributed by atoms with Crippen molar-refractivity contribution in [2.24, 2.45) is 10.2 Å². The van der Waals surface area contributed by atoms with Crippen molar-refractivity contribution < 1.29 is 4.79 Å². The monoisotopic (exact) mass is 332 g/mol. The van der Waals surface area contributed by atoms with Gasteiger partial charge in [0.15, 0.2) is 0 Å². The van der Waals surface area contributed by atoms with Crippen LogP contribution >= 0.6 is 15.9 Å². The summed E-state index contributed by atoms with van der Waals surface area (Å²) in [5.41, 5.74) is 7.91. The van der Waals surface area contributed by atoms with Crippen molar-refractivity contribution in [3.8, 4) is 0 Å². The lowest BCUT2D eigenvalue weighted by Crippen LogP contribution is -2.11. The number of nitrogens with two attached hydrogens (primary N) is 1. The third-order valence-corrected chi connectivity index (χ3v) is 3.13. The fourth-order valence-electron chi connectivity index (χ4n) is 1.62. The first-order chi connectivity index (χ1) is 9.60. The SMILES string of the molecule is CN=Nc1cc(C(=O)Nc2ccc(Br)cc2)ccc1N. The van der Waals surface area contributed by atoms with Gasteiger partial charge in [-0.1, -0.05) is 15.9 Å². The van der Waals surface area contributed by atoms with Gasteiger partial charge in [0.2, 0.25) is 0 Å². The van der Waals surface area contributed by atoms with Gasteiger partial charge in [0, 0.05) is 22.8 Å². The molecule has 0 saturated carbocycles. The van der Waals surface area contributed by atoms with E-state index in [0.29, 0.717) is 22.6 Å². The topological polar surface area (TPSA) is 79.8 Å². The van der Waals surface area contributed by atoms with Crippen LogP contribution in [0.3, 0.4) is 0 Å². The van der Waals surface area contributed by atoms with Gasteiger partial charge in [-0.05, 0) is 42.5 Å². The van der Waals surface area contributed by atoms with Crippen molar-refractivity contribution in [3.63, 3.8) is 0 Å². The van der Waals surface area contributed by atoms with Crippen LogP contribution < -0.4 is 11.1 Å². The summed E-state index contributed by atoms with van der Waals surface area (Å²) in [6.07, 6.45) is 0. The van der Waals surface area contributed by atoms with Crippen molar-refractivity contribution in [2.75, 3.05) is 18.1 Å². The molecule has 2 aromatic rings. The highest BCUT2D eigenvalue weighted by Crippen LogP contribution is 2.24. The molecule has 0 aliphatic heterocycles. The summed E-state index contributed by atoms with van der Waals surface area (Å²) in [6, 6.07) is 12.2. The first-order valence-corrected chi connectivity index (χ1v) is 6.66. The van der Waals surface area contributed by atoms with Gasteiger partial charge in [-0.3, -0.25) is 4.79 Å². The van der Waals surface area contributed by atoms with Crippen LogP contribution in [0.25, 0.3) is 0 Å². The fraction of sp³-hybridized carbons (Fsp3) is 0.0714. The third kappa shape index (κ3) is 3.42. The van der Waals surface area contributed by atoms with Crippen LogP contribution in [0.4, 0.5) is 17.1 Å². The first-order valence-electron chi connectivity index (χ1n) is 5.86. The number of carbonyl (C=O) groups is 1. The summed E-state index contributed by atoms with van der Waals surface area (Å²) in [6.45, 7) is 0. The molecule has 0 radical (unpaired) electrons. The lowest BCUT2D eigenvalue weighted by atomic mass is 10.1. The molecule has 0 aliphatic rings. The van der Waals surface area contributed by atoms with E-state index in [1.165, 1.54) is 0 Å². The summed E-state index contributed by atoms with van der Waals surface area (Å²) in [7, 11) is 1.55. The minimum atomic E-state index is -0.222. The predicted molar refractivity (Wildman–Crippen MR) is 83.4 cm³/mol.